The van der Waals surface area contributed by atoms with Gasteiger partial charge in [0.2, 0.25) is 5.91 Å². The lowest BCUT2D eigenvalue weighted by atomic mass is 9.75. The second kappa shape index (κ2) is 7.89. The van der Waals surface area contributed by atoms with Gasteiger partial charge >= 0.3 is 6.03 Å². The molecule has 0 unspecified atom stereocenters. The summed E-state index contributed by atoms with van der Waals surface area (Å²) in [6, 6.07) is 6.45. The molecular weight excluding hydrogens is 366 g/mol. The summed E-state index contributed by atoms with van der Waals surface area (Å²) in [4.78, 5) is 38.7. The minimum Gasteiger partial charge on any atom is -0.348 e. The normalized spacial score (nSPS) is 24.6. The van der Waals surface area contributed by atoms with Crippen molar-refractivity contribution < 1.29 is 14.4 Å². The molecule has 1 aromatic carbocycles. The van der Waals surface area contributed by atoms with Crippen LogP contribution in [-0.2, 0) is 9.59 Å². The van der Waals surface area contributed by atoms with E-state index in [9.17, 15) is 14.4 Å². The fourth-order valence-corrected chi connectivity index (χ4v) is 4.21. The number of halogens is 1. The maximum atomic E-state index is 12.9. The van der Waals surface area contributed by atoms with E-state index in [4.69, 9.17) is 11.6 Å². The van der Waals surface area contributed by atoms with Crippen LogP contribution in [0.1, 0.15) is 57.6 Å². The highest BCUT2D eigenvalue weighted by Gasteiger charge is 2.52. The summed E-state index contributed by atoms with van der Waals surface area (Å²) in [5, 5.41) is 6.30. The van der Waals surface area contributed by atoms with Gasteiger partial charge in [0.1, 0.15) is 12.1 Å². The van der Waals surface area contributed by atoms with Crippen molar-refractivity contribution in [1.82, 2.24) is 15.5 Å². The predicted molar refractivity (Wildman–Crippen MR) is 103 cm³/mol. The smallest absolute Gasteiger partial charge is 0.325 e. The molecule has 2 aliphatic rings. The van der Waals surface area contributed by atoms with Gasteiger partial charge in [-0.3, -0.25) is 14.5 Å². The second-order valence-electron chi connectivity index (χ2n) is 7.70. The highest BCUT2D eigenvalue weighted by Crippen LogP contribution is 2.36. The third-order valence-corrected chi connectivity index (χ3v) is 6.02. The molecule has 0 spiro atoms. The molecule has 2 N–H and O–H groups in total. The molecule has 1 saturated heterocycles. The van der Waals surface area contributed by atoms with E-state index in [2.05, 4.69) is 10.6 Å². The highest BCUT2D eigenvalue weighted by molar-refractivity contribution is 6.30. The monoisotopic (exact) mass is 391 g/mol. The summed E-state index contributed by atoms with van der Waals surface area (Å²) >= 11 is 5.88. The summed E-state index contributed by atoms with van der Waals surface area (Å²) in [5.74, 6) is -0.536. The van der Waals surface area contributed by atoms with E-state index < -0.39 is 11.6 Å². The molecule has 0 bridgehead atoms. The van der Waals surface area contributed by atoms with Gasteiger partial charge in [0.15, 0.2) is 0 Å². The number of imide groups is 1. The molecule has 1 aliphatic heterocycles. The molecule has 0 radical (unpaired) electrons. The summed E-state index contributed by atoms with van der Waals surface area (Å²) in [5.41, 5.74) is -0.00320. The van der Waals surface area contributed by atoms with Crippen LogP contribution in [0.5, 0.6) is 0 Å². The molecule has 1 heterocycles. The molecule has 6 nitrogen and oxygen atoms in total. The summed E-state index contributed by atoms with van der Waals surface area (Å²) in [7, 11) is 0. The first-order valence-corrected chi connectivity index (χ1v) is 9.88. The zero-order valence-electron chi connectivity index (χ0n) is 15.8. The number of hydrogen-bond donors (Lipinski definition) is 2. The zero-order chi connectivity index (χ0) is 19.6. The summed E-state index contributed by atoms with van der Waals surface area (Å²) in [6.45, 7) is 3.36. The number of hydrogen-bond acceptors (Lipinski definition) is 3. The number of rotatable bonds is 5. The van der Waals surface area contributed by atoms with Crippen molar-refractivity contribution in [3.63, 3.8) is 0 Å². The van der Waals surface area contributed by atoms with Crippen molar-refractivity contribution in [3.05, 3.63) is 34.9 Å². The van der Waals surface area contributed by atoms with Gasteiger partial charge in [-0.2, -0.15) is 0 Å². The van der Waals surface area contributed by atoms with Crippen LogP contribution in [0.15, 0.2) is 24.3 Å². The third kappa shape index (κ3) is 4.10. The van der Waals surface area contributed by atoms with Crippen LogP contribution in [0, 0.1) is 5.92 Å². The first kappa shape index (κ1) is 19.7. The predicted octanol–water partition coefficient (Wildman–Crippen LogP) is 3.41. The van der Waals surface area contributed by atoms with Crippen molar-refractivity contribution in [2.24, 2.45) is 5.92 Å². The highest BCUT2D eigenvalue weighted by atomic mass is 35.5. The molecule has 1 aromatic rings. The Morgan fingerprint density at radius 3 is 2.52 bits per heavy atom. The lowest BCUT2D eigenvalue weighted by molar-refractivity contribution is -0.136. The van der Waals surface area contributed by atoms with E-state index in [-0.39, 0.29) is 30.3 Å². The zero-order valence-corrected chi connectivity index (χ0v) is 16.5. The van der Waals surface area contributed by atoms with Crippen LogP contribution in [-0.4, -0.2) is 34.8 Å². The molecule has 146 valence electrons. The Kier molecular flexibility index (Phi) is 5.75. The average Bonchev–Trinajstić information content (AvgIpc) is 2.87. The third-order valence-electron chi connectivity index (χ3n) is 5.77. The van der Waals surface area contributed by atoms with E-state index in [0.29, 0.717) is 5.02 Å². The summed E-state index contributed by atoms with van der Waals surface area (Å²) < 4.78 is 0. The van der Waals surface area contributed by atoms with E-state index in [1.807, 2.05) is 19.1 Å². The maximum Gasteiger partial charge on any atom is 0.325 e. The molecule has 7 heteroatoms. The Bertz CT molecular complexity index is 730. The van der Waals surface area contributed by atoms with Crippen molar-refractivity contribution in [1.29, 1.82) is 0 Å². The standard InChI is InChI=1S/C20H26ClN3O3/c1-13(14-8-10-16(21)11-9-14)22-17(25)12-24-18(26)20(2,23-19(24)27)15-6-4-3-5-7-15/h8-11,13,15H,3-7,12H2,1-2H3,(H,22,25)(H,23,27)/t13-,20+/m0/s1. The van der Waals surface area contributed by atoms with Crippen LogP contribution in [0.4, 0.5) is 4.79 Å². The SMILES string of the molecule is C[C@H](NC(=O)CN1C(=O)N[C@](C)(C2CCCCC2)C1=O)c1ccc(Cl)cc1. The lowest BCUT2D eigenvalue weighted by Gasteiger charge is -2.34. The molecule has 2 atom stereocenters. The van der Waals surface area contributed by atoms with Gasteiger partial charge in [-0.25, -0.2) is 4.79 Å². The molecule has 0 aromatic heterocycles. The molecule has 4 amide bonds. The van der Waals surface area contributed by atoms with Gasteiger partial charge in [-0.15, -0.1) is 0 Å². The van der Waals surface area contributed by atoms with Gasteiger partial charge in [-0.1, -0.05) is 43.0 Å². The number of benzene rings is 1. The summed E-state index contributed by atoms with van der Waals surface area (Å²) in [6.07, 6.45) is 5.17. The van der Waals surface area contributed by atoms with Crippen molar-refractivity contribution in [3.8, 4) is 0 Å². The van der Waals surface area contributed by atoms with E-state index in [1.54, 1.807) is 19.1 Å². The van der Waals surface area contributed by atoms with Crippen molar-refractivity contribution in [2.75, 3.05) is 6.54 Å². The number of carbonyl (C=O) groups excluding carboxylic acids is 3. The number of urea groups is 1. The Balaban J connectivity index is 1.62. The van der Waals surface area contributed by atoms with Gasteiger partial charge in [0, 0.05) is 5.02 Å². The van der Waals surface area contributed by atoms with Crippen LogP contribution in [0.25, 0.3) is 0 Å². The topological polar surface area (TPSA) is 78.5 Å². The van der Waals surface area contributed by atoms with Gasteiger partial charge in [0.25, 0.3) is 5.91 Å². The lowest BCUT2D eigenvalue weighted by Crippen LogP contribution is -2.51. The quantitative estimate of drug-likeness (QED) is 0.755. The number of nitrogens with zero attached hydrogens (tertiary/aromatic N) is 1. The Labute approximate surface area is 164 Å². The number of nitrogens with one attached hydrogen (secondary N) is 2. The minimum absolute atomic E-state index is 0.128. The van der Waals surface area contributed by atoms with Crippen LogP contribution < -0.4 is 10.6 Å². The Morgan fingerprint density at radius 1 is 1.26 bits per heavy atom. The van der Waals surface area contributed by atoms with Crippen molar-refractivity contribution >= 4 is 29.4 Å². The van der Waals surface area contributed by atoms with E-state index >= 15 is 0 Å². The van der Waals surface area contributed by atoms with Gasteiger partial charge in [0.05, 0.1) is 6.04 Å². The Morgan fingerprint density at radius 2 is 1.89 bits per heavy atom. The minimum atomic E-state index is -0.903. The molecule has 27 heavy (non-hydrogen) atoms. The molecule has 3 rings (SSSR count). The fourth-order valence-electron chi connectivity index (χ4n) is 4.08. The maximum absolute atomic E-state index is 12.9. The first-order chi connectivity index (χ1) is 12.8. The average molecular weight is 392 g/mol. The number of carbonyl (C=O) groups is 3. The molecular formula is C20H26ClN3O3. The second-order valence-corrected chi connectivity index (χ2v) is 8.14. The van der Waals surface area contributed by atoms with E-state index in [0.717, 1.165) is 36.1 Å². The van der Waals surface area contributed by atoms with Crippen LogP contribution in [0.3, 0.4) is 0 Å². The van der Waals surface area contributed by atoms with Crippen molar-refractivity contribution in [2.45, 2.75) is 57.5 Å². The van der Waals surface area contributed by atoms with Gasteiger partial charge in [-0.05, 0) is 50.3 Å². The van der Waals surface area contributed by atoms with Gasteiger partial charge < -0.3 is 10.6 Å². The molecule has 1 saturated carbocycles. The first-order valence-electron chi connectivity index (χ1n) is 9.50. The molecule has 1 aliphatic carbocycles. The van der Waals surface area contributed by atoms with Crippen LogP contribution >= 0.6 is 11.6 Å². The fraction of sp³-hybridized carbons (Fsp3) is 0.550. The molecule has 2 fully saturated rings. The number of amides is 4. The Hall–Kier alpha value is -2.08. The largest absolute Gasteiger partial charge is 0.348 e. The van der Waals surface area contributed by atoms with E-state index in [1.165, 1.54) is 6.42 Å². The van der Waals surface area contributed by atoms with Crippen LogP contribution in [0.2, 0.25) is 5.02 Å².